The zero-order valence-electron chi connectivity index (χ0n) is 35.5. The van der Waals surface area contributed by atoms with Crippen LogP contribution in [0.4, 0.5) is 17.1 Å². The summed E-state index contributed by atoms with van der Waals surface area (Å²) in [6, 6.07) is 3.40. The topological polar surface area (TPSA) is 405 Å². The molecule has 0 spiro atoms. The Balaban J connectivity index is 1.37. The molecule has 0 saturated carbocycles. The minimum atomic E-state index is -1.97. The van der Waals surface area contributed by atoms with E-state index in [9.17, 15) is 80.5 Å². The minimum absolute atomic E-state index is 0.0108. The average molecular weight is 941 g/mol. The number of nitrogens with one attached hydrogen (secondary N) is 4. The number of carbonyl (C=O) groups excluding carboxylic acids is 4. The van der Waals surface area contributed by atoms with Crippen LogP contribution >= 0.6 is 0 Å². The number of nitrogens with zero attached hydrogens (tertiary/aromatic N) is 4. The molecule has 3 aromatic rings. The SMILES string of the molecule is CN(C)CCCNC(=O)c1cc(NC(=O)c2cc(NC(=O)c3cc(NC=O)cn3[C@H]3O[C@H](CO)[C@@H](O)[C@@H](O)[C@H]3O)cn2[C@H]2O[C@H](CO)[C@@H](O)[C@@H](O)[C@H]2O)cn1[C@H]1O[C@H](CO)[C@@H](O)[C@@H](O)[C@H]1O. The van der Waals surface area contributed by atoms with Crippen molar-refractivity contribution in [3.8, 4) is 0 Å². The molecular formula is C39H56N8O19. The molecule has 3 saturated heterocycles. The van der Waals surface area contributed by atoms with Crippen LogP contribution in [-0.4, -0.2) is 224 Å². The van der Waals surface area contributed by atoms with Gasteiger partial charge >= 0.3 is 0 Å². The van der Waals surface area contributed by atoms with Crippen molar-refractivity contribution in [2.24, 2.45) is 0 Å². The van der Waals surface area contributed by atoms with E-state index in [1.54, 1.807) is 0 Å². The number of hydrogen-bond donors (Lipinski definition) is 16. The van der Waals surface area contributed by atoms with Crippen molar-refractivity contribution in [3.05, 3.63) is 53.9 Å². The van der Waals surface area contributed by atoms with Gasteiger partial charge in [0.15, 0.2) is 18.7 Å². The van der Waals surface area contributed by atoms with Crippen LogP contribution in [0.15, 0.2) is 36.8 Å². The molecule has 66 heavy (non-hydrogen) atoms. The van der Waals surface area contributed by atoms with Crippen LogP contribution < -0.4 is 21.3 Å². The van der Waals surface area contributed by atoms with E-state index < -0.39 is 135 Å². The highest BCUT2D eigenvalue weighted by Crippen LogP contribution is 2.36. The molecule has 15 atom stereocenters. The quantitative estimate of drug-likeness (QED) is 0.0442. The minimum Gasteiger partial charge on any atom is -0.394 e. The summed E-state index contributed by atoms with van der Waals surface area (Å²) in [6.07, 6.45) is -21.7. The highest BCUT2D eigenvalue weighted by molar-refractivity contribution is 6.07. The van der Waals surface area contributed by atoms with E-state index in [4.69, 9.17) is 14.2 Å². The molecular weight excluding hydrogens is 884 g/mol. The van der Waals surface area contributed by atoms with Gasteiger partial charge in [-0.05, 0) is 45.3 Å². The first-order chi connectivity index (χ1) is 31.3. The van der Waals surface area contributed by atoms with Gasteiger partial charge in [-0.1, -0.05) is 0 Å². The standard InChI is InChI=1S/C39H56N8O19/c1-44(2)5-3-4-40-34(61)19-7-17(10-46(19)38-32(59)29(56)26(53)23(13-49)65-38)42-36(63)21-8-18(11-47(21)39-33(60)30(57)27(54)24(14-50)66-39)43-35(62)20-6-16(41-15-51)9-45(20)37-31(58)28(55)25(52)22(12-48)64-37/h6-11,15,22-33,37-39,48-50,52-60H,3-5,12-14H2,1-2H3,(H,40,61)(H,41,51)(H,42,63)(H,43,62)/t22-,23-,24-,25-,26-,27-,28-,29-,30-,31-,32-,33-,37+,38+,39+/m1/s1. The number of aliphatic hydroxyl groups excluding tert-OH is 12. The number of carbonyl (C=O) groups is 4. The number of anilines is 3. The third-order valence-corrected chi connectivity index (χ3v) is 11.5. The molecule has 0 radical (unpaired) electrons. The summed E-state index contributed by atoms with van der Waals surface area (Å²) in [6.45, 7) is -1.66. The highest BCUT2D eigenvalue weighted by Gasteiger charge is 2.48. The van der Waals surface area contributed by atoms with Gasteiger partial charge in [0.2, 0.25) is 6.41 Å². The van der Waals surface area contributed by atoms with E-state index in [1.165, 1.54) is 6.07 Å². The van der Waals surface area contributed by atoms with E-state index in [-0.39, 0.29) is 41.4 Å². The first kappa shape index (κ1) is 50.5. The fraction of sp³-hybridized carbons (Fsp3) is 0.590. The van der Waals surface area contributed by atoms with Crippen LogP contribution in [0, 0.1) is 0 Å². The highest BCUT2D eigenvalue weighted by atomic mass is 16.6. The Morgan fingerprint density at radius 3 is 1.26 bits per heavy atom. The number of ether oxygens (including phenoxy) is 3. The van der Waals surface area contributed by atoms with Crippen molar-refractivity contribution in [1.29, 1.82) is 0 Å². The predicted octanol–water partition coefficient (Wildman–Crippen LogP) is -6.24. The lowest BCUT2D eigenvalue weighted by Crippen LogP contribution is -2.56. The summed E-state index contributed by atoms with van der Waals surface area (Å²) < 4.78 is 20.1. The van der Waals surface area contributed by atoms with Crippen LogP contribution in [-0.2, 0) is 19.0 Å². The Labute approximate surface area is 374 Å². The monoisotopic (exact) mass is 940 g/mol. The third kappa shape index (κ3) is 10.3. The van der Waals surface area contributed by atoms with Crippen LogP contribution in [0.25, 0.3) is 0 Å². The van der Waals surface area contributed by atoms with E-state index in [0.717, 1.165) is 44.4 Å². The van der Waals surface area contributed by atoms with Crippen LogP contribution in [0.2, 0.25) is 0 Å². The molecule has 0 bridgehead atoms. The van der Waals surface area contributed by atoms with Gasteiger partial charge in [0.05, 0.1) is 36.9 Å². The molecule has 6 rings (SSSR count). The van der Waals surface area contributed by atoms with E-state index >= 15 is 0 Å². The van der Waals surface area contributed by atoms with Crippen molar-refractivity contribution < 1.29 is 94.7 Å². The van der Waals surface area contributed by atoms with E-state index in [0.29, 0.717) is 13.0 Å². The van der Waals surface area contributed by atoms with Crippen LogP contribution in [0.1, 0.15) is 56.6 Å². The van der Waals surface area contributed by atoms with E-state index in [2.05, 4.69) is 21.3 Å². The number of amides is 4. The first-order valence-electron chi connectivity index (χ1n) is 20.7. The van der Waals surface area contributed by atoms with Gasteiger partial charge in [-0.2, -0.15) is 0 Å². The summed E-state index contributed by atoms with van der Waals surface area (Å²) in [7, 11) is 3.67. The van der Waals surface area contributed by atoms with Crippen molar-refractivity contribution >= 4 is 41.2 Å². The molecule has 0 aromatic carbocycles. The summed E-state index contributed by atoms with van der Waals surface area (Å²) >= 11 is 0. The van der Waals surface area contributed by atoms with Gasteiger partial charge < -0.3 is 115 Å². The van der Waals surface area contributed by atoms with Gasteiger partial charge in [-0.3, -0.25) is 19.2 Å². The smallest absolute Gasteiger partial charge is 0.272 e. The maximum absolute atomic E-state index is 14.3. The normalized spacial score (nSPS) is 32.5. The molecule has 16 N–H and O–H groups in total. The predicted molar refractivity (Wildman–Crippen MR) is 221 cm³/mol. The number of aliphatic hydroxyl groups is 12. The molecule has 0 unspecified atom stereocenters. The maximum Gasteiger partial charge on any atom is 0.272 e. The molecule has 366 valence electrons. The molecule has 3 aromatic heterocycles. The Morgan fingerprint density at radius 2 is 0.909 bits per heavy atom. The zero-order valence-corrected chi connectivity index (χ0v) is 35.5. The molecule has 3 aliphatic rings. The molecule has 27 nitrogen and oxygen atoms in total. The summed E-state index contributed by atoms with van der Waals surface area (Å²) in [5, 5.41) is 136. The second-order valence-corrected chi connectivity index (χ2v) is 16.3. The maximum atomic E-state index is 14.3. The number of rotatable bonds is 17. The molecule has 4 amide bonds. The van der Waals surface area contributed by atoms with Crippen LogP contribution in [0.3, 0.4) is 0 Å². The largest absolute Gasteiger partial charge is 0.394 e. The average Bonchev–Trinajstić information content (AvgIpc) is 4.03. The van der Waals surface area contributed by atoms with E-state index in [1.807, 2.05) is 19.0 Å². The first-order valence-corrected chi connectivity index (χ1v) is 20.7. The Bertz CT molecular complexity index is 2160. The fourth-order valence-corrected chi connectivity index (χ4v) is 7.91. The molecule has 6 heterocycles. The lowest BCUT2D eigenvalue weighted by molar-refractivity contribution is -0.251. The number of hydrogen-bond acceptors (Lipinski definition) is 20. The van der Waals surface area contributed by atoms with Crippen molar-refractivity contribution in [2.45, 2.75) is 98.4 Å². The second kappa shape index (κ2) is 21.4. The second-order valence-electron chi connectivity index (χ2n) is 16.3. The molecule has 3 aliphatic heterocycles. The Morgan fingerprint density at radius 1 is 0.561 bits per heavy atom. The lowest BCUT2D eigenvalue weighted by atomic mass is 9.98. The third-order valence-electron chi connectivity index (χ3n) is 11.5. The number of aromatic nitrogens is 3. The van der Waals surface area contributed by atoms with Gasteiger partial charge in [0.25, 0.3) is 17.7 Å². The van der Waals surface area contributed by atoms with Crippen molar-refractivity contribution in [3.63, 3.8) is 0 Å². The van der Waals surface area contributed by atoms with Crippen molar-refractivity contribution in [1.82, 2.24) is 23.9 Å². The lowest BCUT2D eigenvalue weighted by Gasteiger charge is -2.41. The molecule has 27 heteroatoms. The summed E-state index contributed by atoms with van der Waals surface area (Å²) in [5.74, 6) is -2.78. The van der Waals surface area contributed by atoms with Gasteiger partial charge in [-0.15, -0.1) is 0 Å². The van der Waals surface area contributed by atoms with Gasteiger partial charge in [0.1, 0.15) is 90.3 Å². The summed E-state index contributed by atoms with van der Waals surface area (Å²) in [5.41, 5.74) is -1.37. The van der Waals surface area contributed by atoms with Gasteiger partial charge in [0, 0.05) is 25.1 Å². The molecule has 3 fully saturated rings. The fourth-order valence-electron chi connectivity index (χ4n) is 7.91. The molecule has 0 aliphatic carbocycles. The van der Waals surface area contributed by atoms with Crippen LogP contribution in [0.5, 0.6) is 0 Å². The zero-order chi connectivity index (χ0) is 48.3. The Kier molecular flexibility index (Phi) is 16.3. The summed E-state index contributed by atoms with van der Waals surface area (Å²) in [4.78, 5) is 55.3. The Hall–Kier alpha value is -4.92. The van der Waals surface area contributed by atoms with Gasteiger partial charge in [-0.25, -0.2) is 0 Å². The van der Waals surface area contributed by atoms with Crippen molar-refractivity contribution in [2.75, 3.05) is 63.0 Å².